The molecule has 5 N–H and O–H groups in total. The molecule has 0 fully saturated rings. The van der Waals surface area contributed by atoms with Crippen LogP contribution in [0.15, 0.2) is 12.1 Å². The zero-order valence-corrected chi connectivity index (χ0v) is 19.6. The fourth-order valence-electron chi connectivity index (χ4n) is 2.51. The Labute approximate surface area is 188 Å². The number of nitrogens with one attached hydrogen (secondary N) is 2. The van der Waals surface area contributed by atoms with Crippen molar-refractivity contribution in [3.8, 4) is 5.88 Å². The number of rotatable bonds is 15. The first-order chi connectivity index (χ1) is 14.3. The number of anilines is 1. The van der Waals surface area contributed by atoms with Crippen LogP contribution in [-0.2, 0) is 16.0 Å². The Morgan fingerprint density at radius 3 is 2.73 bits per heavy atom. The summed E-state index contributed by atoms with van der Waals surface area (Å²) in [6.07, 6.45) is 4.16. The van der Waals surface area contributed by atoms with Gasteiger partial charge in [-0.15, -0.1) is 0 Å². The van der Waals surface area contributed by atoms with Crippen molar-refractivity contribution < 1.29 is 19.4 Å². The number of carbonyl (C=O) groups is 2. The SMILES string of the molecule is CCCCc1ccc(NCC(N)CS)c(OC(C)C(=O)N[C@@H](CCSC)C(=O)O)n1. The van der Waals surface area contributed by atoms with Gasteiger partial charge in [0.05, 0.1) is 5.69 Å². The highest BCUT2D eigenvalue weighted by Crippen LogP contribution is 2.24. The predicted molar refractivity (Wildman–Crippen MR) is 126 cm³/mol. The number of aliphatic carboxylic acids is 1. The third-order valence-corrected chi connectivity index (χ3v) is 5.49. The molecule has 0 radical (unpaired) electrons. The zero-order chi connectivity index (χ0) is 22.5. The lowest BCUT2D eigenvalue weighted by Crippen LogP contribution is -2.46. The highest BCUT2D eigenvalue weighted by atomic mass is 32.2. The van der Waals surface area contributed by atoms with Crippen LogP contribution in [0.5, 0.6) is 5.88 Å². The number of carboxylic acids is 1. The van der Waals surface area contributed by atoms with Crippen molar-refractivity contribution in [3.05, 3.63) is 17.8 Å². The lowest BCUT2D eigenvalue weighted by atomic mass is 10.2. The van der Waals surface area contributed by atoms with Crippen molar-refractivity contribution in [2.45, 2.75) is 57.7 Å². The molecule has 1 heterocycles. The Balaban J connectivity index is 2.91. The molecule has 1 rings (SSSR count). The Hall–Kier alpha value is -1.65. The molecule has 3 atom stereocenters. The van der Waals surface area contributed by atoms with E-state index in [1.54, 1.807) is 6.92 Å². The summed E-state index contributed by atoms with van der Waals surface area (Å²) in [5, 5.41) is 15.1. The molecule has 0 aromatic carbocycles. The summed E-state index contributed by atoms with van der Waals surface area (Å²) in [6.45, 7) is 4.16. The molecule has 170 valence electrons. The van der Waals surface area contributed by atoms with Gasteiger partial charge in [-0.2, -0.15) is 24.4 Å². The van der Waals surface area contributed by atoms with E-state index in [9.17, 15) is 14.7 Å². The van der Waals surface area contributed by atoms with Crippen molar-refractivity contribution >= 4 is 42.0 Å². The van der Waals surface area contributed by atoms with Gasteiger partial charge < -0.3 is 26.2 Å². The van der Waals surface area contributed by atoms with Gasteiger partial charge in [-0.05, 0) is 50.3 Å². The summed E-state index contributed by atoms with van der Waals surface area (Å²) in [7, 11) is 0. The second kappa shape index (κ2) is 14.4. The Kier molecular flexibility index (Phi) is 12.6. The molecule has 1 aromatic heterocycles. The first-order valence-corrected chi connectivity index (χ1v) is 12.1. The smallest absolute Gasteiger partial charge is 0.326 e. The quantitative estimate of drug-likeness (QED) is 0.253. The lowest BCUT2D eigenvalue weighted by Gasteiger charge is -2.20. The number of aryl methyl sites for hydroxylation is 1. The number of unbranched alkanes of at least 4 members (excludes halogenated alkanes) is 1. The maximum Gasteiger partial charge on any atom is 0.326 e. The molecule has 2 unspecified atom stereocenters. The number of hydrogen-bond acceptors (Lipinski definition) is 8. The highest BCUT2D eigenvalue weighted by molar-refractivity contribution is 7.98. The Morgan fingerprint density at radius 1 is 1.40 bits per heavy atom. The fraction of sp³-hybridized carbons (Fsp3) is 0.650. The van der Waals surface area contributed by atoms with E-state index in [2.05, 4.69) is 35.2 Å². The first-order valence-electron chi connectivity index (χ1n) is 10.1. The number of amides is 1. The Bertz CT molecular complexity index is 678. The second-order valence-corrected chi connectivity index (χ2v) is 8.37. The van der Waals surface area contributed by atoms with Gasteiger partial charge >= 0.3 is 5.97 Å². The molecule has 0 saturated carbocycles. The standard InChI is InChI=1S/C20H34N4O4S2/c1-4-5-6-15-7-8-16(22-11-14(21)12-29)19(23-15)28-13(2)18(25)24-17(20(26)27)9-10-30-3/h7-8,13-14,17,22,29H,4-6,9-12,21H2,1-3H3,(H,24,25)(H,26,27)/t13?,14?,17-/m0/s1. The number of ether oxygens (including phenoxy) is 1. The van der Waals surface area contributed by atoms with E-state index in [-0.39, 0.29) is 6.04 Å². The number of thiol groups is 1. The summed E-state index contributed by atoms with van der Waals surface area (Å²) >= 11 is 5.71. The molecule has 1 amide bonds. The fourth-order valence-corrected chi connectivity index (χ4v) is 3.11. The molecule has 0 aliphatic rings. The molecule has 10 heteroatoms. The monoisotopic (exact) mass is 458 g/mol. The van der Waals surface area contributed by atoms with Gasteiger partial charge in [0.15, 0.2) is 6.10 Å². The predicted octanol–water partition coefficient (Wildman–Crippen LogP) is 2.18. The third-order valence-electron chi connectivity index (χ3n) is 4.38. The van der Waals surface area contributed by atoms with E-state index in [0.717, 1.165) is 25.0 Å². The van der Waals surface area contributed by atoms with Crippen LogP contribution in [0.2, 0.25) is 0 Å². The van der Waals surface area contributed by atoms with Crippen LogP contribution >= 0.6 is 24.4 Å². The van der Waals surface area contributed by atoms with Crippen LogP contribution in [0.3, 0.4) is 0 Å². The third kappa shape index (κ3) is 9.44. The minimum absolute atomic E-state index is 0.144. The molecule has 0 saturated heterocycles. The van der Waals surface area contributed by atoms with Crippen molar-refractivity contribution in [3.63, 3.8) is 0 Å². The van der Waals surface area contributed by atoms with Crippen LogP contribution in [0.4, 0.5) is 5.69 Å². The number of hydrogen-bond donors (Lipinski definition) is 5. The maximum atomic E-state index is 12.5. The van der Waals surface area contributed by atoms with E-state index in [0.29, 0.717) is 36.0 Å². The van der Waals surface area contributed by atoms with E-state index in [1.807, 2.05) is 18.4 Å². The number of carboxylic acid groups (broad SMARTS) is 1. The Morgan fingerprint density at radius 2 is 2.13 bits per heavy atom. The van der Waals surface area contributed by atoms with Crippen LogP contribution in [0, 0.1) is 0 Å². The van der Waals surface area contributed by atoms with Gasteiger partial charge in [0, 0.05) is 24.0 Å². The van der Waals surface area contributed by atoms with Crippen LogP contribution in [0.25, 0.3) is 0 Å². The van der Waals surface area contributed by atoms with Crippen molar-refractivity contribution in [1.29, 1.82) is 0 Å². The maximum absolute atomic E-state index is 12.5. The van der Waals surface area contributed by atoms with Crippen molar-refractivity contribution in [2.75, 3.05) is 29.6 Å². The number of thioether (sulfide) groups is 1. The average molecular weight is 459 g/mol. The molecular formula is C20H34N4O4S2. The summed E-state index contributed by atoms with van der Waals surface area (Å²) in [6, 6.07) is 2.69. The topological polar surface area (TPSA) is 127 Å². The molecule has 30 heavy (non-hydrogen) atoms. The molecular weight excluding hydrogens is 424 g/mol. The molecule has 8 nitrogen and oxygen atoms in total. The lowest BCUT2D eigenvalue weighted by molar-refractivity contribution is -0.143. The van der Waals surface area contributed by atoms with Crippen LogP contribution < -0.4 is 21.1 Å². The number of aromatic nitrogens is 1. The molecule has 0 spiro atoms. The number of pyridine rings is 1. The van der Waals surface area contributed by atoms with Gasteiger partial charge in [-0.1, -0.05) is 13.3 Å². The van der Waals surface area contributed by atoms with Gasteiger partial charge in [-0.3, -0.25) is 4.79 Å². The van der Waals surface area contributed by atoms with E-state index >= 15 is 0 Å². The highest BCUT2D eigenvalue weighted by Gasteiger charge is 2.24. The number of nitrogens with zero attached hydrogens (tertiary/aromatic N) is 1. The summed E-state index contributed by atoms with van der Waals surface area (Å²) < 4.78 is 5.84. The zero-order valence-electron chi connectivity index (χ0n) is 17.9. The van der Waals surface area contributed by atoms with Gasteiger partial charge in [0.25, 0.3) is 5.91 Å². The average Bonchev–Trinajstić information content (AvgIpc) is 2.73. The van der Waals surface area contributed by atoms with E-state index in [1.165, 1.54) is 11.8 Å². The van der Waals surface area contributed by atoms with E-state index < -0.39 is 24.0 Å². The minimum Gasteiger partial charge on any atom is -0.480 e. The van der Waals surface area contributed by atoms with Crippen molar-refractivity contribution in [2.24, 2.45) is 5.73 Å². The van der Waals surface area contributed by atoms with Crippen LogP contribution in [0.1, 0.15) is 38.8 Å². The summed E-state index contributed by atoms with van der Waals surface area (Å²) in [4.78, 5) is 28.5. The normalized spacial score (nSPS) is 13.9. The number of carbonyl (C=O) groups excluding carboxylic acids is 1. The van der Waals surface area contributed by atoms with Crippen LogP contribution in [-0.4, -0.2) is 64.5 Å². The van der Waals surface area contributed by atoms with E-state index in [4.69, 9.17) is 10.5 Å². The number of nitrogens with two attached hydrogens (primary N) is 1. The minimum atomic E-state index is -1.06. The van der Waals surface area contributed by atoms with Gasteiger partial charge in [-0.25, -0.2) is 9.78 Å². The van der Waals surface area contributed by atoms with Gasteiger partial charge in [0.2, 0.25) is 5.88 Å². The molecule has 0 bridgehead atoms. The van der Waals surface area contributed by atoms with Gasteiger partial charge in [0.1, 0.15) is 6.04 Å². The first kappa shape index (κ1) is 26.4. The van der Waals surface area contributed by atoms with Crippen molar-refractivity contribution in [1.82, 2.24) is 10.3 Å². The molecule has 0 aliphatic carbocycles. The summed E-state index contributed by atoms with van der Waals surface area (Å²) in [5.74, 6) is -0.105. The largest absolute Gasteiger partial charge is 0.480 e. The summed E-state index contributed by atoms with van der Waals surface area (Å²) in [5.41, 5.74) is 7.41. The molecule has 1 aromatic rings. The molecule has 0 aliphatic heterocycles. The second-order valence-electron chi connectivity index (χ2n) is 7.02.